The molecular weight excluding hydrogens is 329 g/mol. The van der Waals surface area contributed by atoms with E-state index in [-0.39, 0.29) is 17.5 Å². The van der Waals surface area contributed by atoms with Gasteiger partial charge in [0.05, 0.1) is 6.04 Å². The predicted molar refractivity (Wildman–Crippen MR) is 98.7 cm³/mol. The summed E-state index contributed by atoms with van der Waals surface area (Å²) in [6, 6.07) is 13.2. The third-order valence-electron chi connectivity index (χ3n) is 5.64. The number of halogens is 1. The van der Waals surface area contributed by atoms with Crippen molar-refractivity contribution >= 4 is 16.7 Å². The number of benzene rings is 2. The molecule has 2 aliphatic rings. The lowest BCUT2D eigenvalue weighted by molar-refractivity contribution is 0.0453. The van der Waals surface area contributed by atoms with Gasteiger partial charge in [-0.15, -0.1) is 0 Å². The summed E-state index contributed by atoms with van der Waals surface area (Å²) in [7, 11) is 0. The van der Waals surface area contributed by atoms with E-state index in [0.717, 1.165) is 30.6 Å². The Balaban J connectivity index is 1.57. The Morgan fingerprint density at radius 3 is 2.77 bits per heavy atom. The van der Waals surface area contributed by atoms with E-state index in [9.17, 15) is 4.39 Å². The molecule has 1 aliphatic heterocycles. The number of anilines is 1. The first kappa shape index (κ1) is 15.6. The summed E-state index contributed by atoms with van der Waals surface area (Å²) < 4.78 is 20.5. The summed E-state index contributed by atoms with van der Waals surface area (Å²) in [6.45, 7) is 0. The second kappa shape index (κ2) is 5.94. The van der Waals surface area contributed by atoms with Crippen LogP contribution in [0.4, 0.5) is 10.2 Å². The van der Waals surface area contributed by atoms with Gasteiger partial charge in [-0.05, 0) is 43.9 Å². The number of hydrogen-bond donors (Lipinski definition) is 1. The Morgan fingerprint density at radius 2 is 1.88 bits per heavy atom. The van der Waals surface area contributed by atoms with E-state index in [1.165, 1.54) is 25.2 Å². The number of fused-ring (bicyclic) bond motifs is 2. The molecule has 5 rings (SSSR count). The van der Waals surface area contributed by atoms with Crippen LogP contribution in [0.3, 0.4) is 0 Å². The van der Waals surface area contributed by atoms with Crippen LogP contribution in [-0.2, 0) is 0 Å². The summed E-state index contributed by atoms with van der Waals surface area (Å²) in [4.78, 5) is 8.50. The maximum absolute atomic E-state index is 14.1. The third kappa shape index (κ3) is 2.50. The van der Waals surface area contributed by atoms with Gasteiger partial charge in [-0.2, -0.15) is 0 Å². The van der Waals surface area contributed by atoms with Gasteiger partial charge in [-0.25, -0.2) is 14.4 Å². The molecule has 1 aliphatic carbocycles. The molecule has 0 radical (unpaired) electrons. The van der Waals surface area contributed by atoms with E-state index >= 15 is 0 Å². The Labute approximate surface area is 151 Å². The first-order valence-corrected chi connectivity index (χ1v) is 9.18. The number of ether oxygens (including phenoxy) is 1. The molecule has 132 valence electrons. The number of nitrogens with zero attached hydrogens (tertiary/aromatic N) is 2. The number of aromatic nitrogens is 2. The molecule has 4 nitrogen and oxygen atoms in total. The lowest BCUT2D eigenvalue weighted by Gasteiger charge is -2.40. The fraction of sp³-hybridized carbons (Fsp3) is 0.333. The highest BCUT2D eigenvalue weighted by molar-refractivity contribution is 5.89. The molecule has 1 aromatic heterocycles. The summed E-state index contributed by atoms with van der Waals surface area (Å²) in [5, 5.41) is 4.27. The second-order valence-corrected chi connectivity index (χ2v) is 7.29. The SMILES string of the molecule is Fc1cccc2c(NC3CC4(CCCC4)Oc4ccccc43)ncnc12. The molecule has 0 amide bonds. The first-order chi connectivity index (χ1) is 12.7. The van der Waals surface area contributed by atoms with Crippen molar-refractivity contribution < 1.29 is 9.13 Å². The van der Waals surface area contributed by atoms with E-state index in [1.54, 1.807) is 6.07 Å². The number of rotatable bonds is 2. The Morgan fingerprint density at radius 1 is 1.04 bits per heavy atom. The number of para-hydroxylation sites is 2. The van der Waals surface area contributed by atoms with Gasteiger partial charge in [0.15, 0.2) is 0 Å². The van der Waals surface area contributed by atoms with Gasteiger partial charge in [0.2, 0.25) is 0 Å². The zero-order chi connectivity index (χ0) is 17.6. The van der Waals surface area contributed by atoms with Gasteiger partial charge in [0.1, 0.15) is 34.8 Å². The Hall–Kier alpha value is -2.69. The summed E-state index contributed by atoms with van der Waals surface area (Å²) in [6.07, 6.45) is 6.89. The highest BCUT2D eigenvalue weighted by atomic mass is 19.1. The van der Waals surface area contributed by atoms with E-state index in [2.05, 4.69) is 21.4 Å². The summed E-state index contributed by atoms with van der Waals surface area (Å²) in [5.74, 6) is 1.29. The van der Waals surface area contributed by atoms with Gasteiger partial charge in [0, 0.05) is 17.4 Å². The fourth-order valence-corrected chi connectivity index (χ4v) is 4.40. The van der Waals surface area contributed by atoms with Crippen molar-refractivity contribution in [1.29, 1.82) is 0 Å². The molecule has 2 heterocycles. The van der Waals surface area contributed by atoms with E-state index in [4.69, 9.17) is 4.74 Å². The van der Waals surface area contributed by atoms with Crippen LogP contribution < -0.4 is 10.1 Å². The number of nitrogens with one attached hydrogen (secondary N) is 1. The predicted octanol–water partition coefficient (Wildman–Crippen LogP) is 5.02. The highest BCUT2D eigenvalue weighted by Gasteiger charge is 2.43. The van der Waals surface area contributed by atoms with Crippen molar-refractivity contribution in [1.82, 2.24) is 9.97 Å². The van der Waals surface area contributed by atoms with E-state index in [0.29, 0.717) is 16.7 Å². The van der Waals surface area contributed by atoms with Gasteiger partial charge < -0.3 is 10.1 Å². The fourth-order valence-electron chi connectivity index (χ4n) is 4.40. The molecule has 1 atom stereocenters. The smallest absolute Gasteiger partial charge is 0.149 e. The number of hydrogen-bond acceptors (Lipinski definition) is 4. The molecule has 0 bridgehead atoms. The molecule has 5 heteroatoms. The van der Waals surface area contributed by atoms with Crippen LogP contribution in [0.15, 0.2) is 48.8 Å². The van der Waals surface area contributed by atoms with Crippen molar-refractivity contribution in [2.24, 2.45) is 0 Å². The van der Waals surface area contributed by atoms with Gasteiger partial charge in [0.25, 0.3) is 0 Å². The quantitative estimate of drug-likeness (QED) is 0.706. The van der Waals surface area contributed by atoms with Crippen LogP contribution in [0.5, 0.6) is 5.75 Å². The van der Waals surface area contributed by atoms with E-state index < -0.39 is 0 Å². The molecule has 1 spiro atoms. The van der Waals surface area contributed by atoms with Crippen molar-refractivity contribution in [3.05, 3.63) is 60.2 Å². The van der Waals surface area contributed by atoms with Crippen LogP contribution in [0.2, 0.25) is 0 Å². The maximum atomic E-state index is 14.1. The standard InChI is InChI=1S/C21H20FN3O/c22-16-8-5-7-15-19(16)23-13-24-20(15)25-17-12-21(10-3-4-11-21)26-18-9-2-1-6-14(17)18/h1-2,5-9,13,17H,3-4,10-12H2,(H,23,24,25). The average Bonchev–Trinajstić information content (AvgIpc) is 3.10. The van der Waals surface area contributed by atoms with Gasteiger partial charge in [-0.1, -0.05) is 24.3 Å². The minimum atomic E-state index is -0.326. The van der Waals surface area contributed by atoms with Gasteiger partial charge in [-0.3, -0.25) is 0 Å². The van der Waals surface area contributed by atoms with Crippen LogP contribution >= 0.6 is 0 Å². The molecular formula is C21H20FN3O. The minimum absolute atomic E-state index is 0.0828. The van der Waals surface area contributed by atoms with Crippen LogP contribution in [0.1, 0.15) is 43.7 Å². The Kier molecular flexibility index (Phi) is 3.55. The van der Waals surface area contributed by atoms with Crippen molar-refractivity contribution in [3.63, 3.8) is 0 Å². The molecule has 3 aromatic rings. The molecule has 26 heavy (non-hydrogen) atoms. The largest absolute Gasteiger partial charge is 0.487 e. The zero-order valence-electron chi connectivity index (χ0n) is 14.4. The second-order valence-electron chi connectivity index (χ2n) is 7.29. The van der Waals surface area contributed by atoms with Crippen molar-refractivity contribution in [2.75, 3.05) is 5.32 Å². The highest BCUT2D eigenvalue weighted by Crippen LogP contribution is 2.48. The van der Waals surface area contributed by atoms with E-state index in [1.807, 2.05) is 24.3 Å². The molecule has 1 N–H and O–H groups in total. The van der Waals surface area contributed by atoms with Crippen LogP contribution in [-0.4, -0.2) is 15.6 Å². The first-order valence-electron chi connectivity index (χ1n) is 9.18. The lowest BCUT2D eigenvalue weighted by Crippen LogP contribution is -2.40. The molecule has 1 saturated carbocycles. The minimum Gasteiger partial charge on any atom is -0.487 e. The van der Waals surface area contributed by atoms with Crippen LogP contribution in [0.25, 0.3) is 10.9 Å². The molecule has 1 fully saturated rings. The average molecular weight is 349 g/mol. The molecule has 0 saturated heterocycles. The zero-order valence-corrected chi connectivity index (χ0v) is 14.4. The topological polar surface area (TPSA) is 47.0 Å². The van der Waals surface area contributed by atoms with Gasteiger partial charge >= 0.3 is 0 Å². The normalized spacial score (nSPS) is 20.7. The lowest BCUT2D eigenvalue weighted by atomic mass is 9.86. The maximum Gasteiger partial charge on any atom is 0.149 e. The molecule has 2 aromatic carbocycles. The van der Waals surface area contributed by atoms with Crippen molar-refractivity contribution in [2.45, 2.75) is 43.7 Å². The monoisotopic (exact) mass is 349 g/mol. The summed E-state index contributed by atoms with van der Waals surface area (Å²) >= 11 is 0. The molecule has 1 unspecified atom stereocenters. The third-order valence-corrected chi connectivity index (χ3v) is 5.64. The summed E-state index contributed by atoms with van der Waals surface area (Å²) in [5.41, 5.74) is 1.38. The van der Waals surface area contributed by atoms with Crippen LogP contribution in [0, 0.1) is 5.82 Å². The Bertz CT molecular complexity index is 968. The van der Waals surface area contributed by atoms with Crippen molar-refractivity contribution in [3.8, 4) is 5.75 Å².